The van der Waals surface area contributed by atoms with E-state index in [4.69, 9.17) is 0 Å². The standard InChI is InChI=1S/C23H29FN2O3S/c1-16-6-8-19(23(3,4)5)15-22(16)30(28,29)26-12-10-25(11-13-26)21-9-7-18(17(2)27)14-20(21)24/h6-9,14-15H,10-13H2,1-5H3. The van der Waals surface area contributed by atoms with E-state index in [2.05, 4.69) is 20.8 Å². The van der Waals surface area contributed by atoms with Crippen LogP contribution in [0.4, 0.5) is 10.1 Å². The monoisotopic (exact) mass is 432 g/mol. The van der Waals surface area contributed by atoms with Gasteiger partial charge in [0.25, 0.3) is 0 Å². The van der Waals surface area contributed by atoms with Crippen LogP contribution in [0, 0.1) is 12.7 Å². The average molecular weight is 433 g/mol. The number of rotatable bonds is 4. The van der Waals surface area contributed by atoms with Crippen molar-refractivity contribution in [1.82, 2.24) is 4.31 Å². The number of carbonyl (C=O) groups excluding carboxylic acids is 1. The first-order chi connectivity index (χ1) is 13.9. The molecule has 1 fully saturated rings. The van der Waals surface area contributed by atoms with E-state index < -0.39 is 15.8 Å². The van der Waals surface area contributed by atoms with Crippen LogP contribution in [0.2, 0.25) is 0 Å². The number of anilines is 1. The Balaban J connectivity index is 1.80. The molecule has 3 rings (SSSR count). The van der Waals surface area contributed by atoms with Gasteiger partial charge in [-0.05, 0) is 54.7 Å². The maximum absolute atomic E-state index is 14.5. The van der Waals surface area contributed by atoms with E-state index in [9.17, 15) is 17.6 Å². The molecule has 2 aromatic carbocycles. The van der Waals surface area contributed by atoms with Crippen LogP contribution in [-0.2, 0) is 15.4 Å². The predicted molar refractivity (Wildman–Crippen MR) is 117 cm³/mol. The lowest BCUT2D eigenvalue weighted by atomic mass is 9.87. The largest absolute Gasteiger partial charge is 0.367 e. The maximum Gasteiger partial charge on any atom is 0.243 e. The fourth-order valence-corrected chi connectivity index (χ4v) is 5.31. The molecule has 0 bridgehead atoms. The molecule has 1 heterocycles. The highest BCUT2D eigenvalue weighted by molar-refractivity contribution is 7.89. The molecule has 5 nitrogen and oxygen atoms in total. The smallest absolute Gasteiger partial charge is 0.243 e. The number of hydrogen-bond donors (Lipinski definition) is 0. The third-order valence-electron chi connectivity index (χ3n) is 5.61. The molecule has 0 saturated carbocycles. The van der Waals surface area contributed by atoms with Crippen molar-refractivity contribution in [2.24, 2.45) is 0 Å². The quantitative estimate of drug-likeness (QED) is 0.681. The van der Waals surface area contributed by atoms with Crippen LogP contribution in [0.25, 0.3) is 0 Å². The molecule has 0 radical (unpaired) electrons. The molecule has 30 heavy (non-hydrogen) atoms. The zero-order chi connectivity index (χ0) is 22.3. The number of ketones is 1. The van der Waals surface area contributed by atoms with E-state index in [-0.39, 0.29) is 24.3 Å². The molecule has 0 N–H and O–H groups in total. The van der Waals surface area contributed by atoms with E-state index in [1.165, 1.54) is 17.3 Å². The van der Waals surface area contributed by atoms with Crippen molar-refractivity contribution in [2.45, 2.75) is 44.9 Å². The van der Waals surface area contributed by atoms with Crippen molar-refractivity contribution in [1.29, 1.82) is 0 Å². The summed E-state index contributed by atoms with van der Waals surface area (Å²) in [4.78, 5) is 13.6. The van der Waals surface area contributed by atoms with Gasteiger partial charge in [-0.15, -0.1) is 0 Å². The molecule has 0 aromatic heterocycles. The number of Topliss-reactive ketones (excluding diaryl/α,β-unsaturated/α-hetero) is 1. The van der Waals surface area contributed by atoms with Gasteiger partial charge in [0, 0.05) is 31.7 Å². The van der Waals surface area contributed by atoms with Gasteiger partial charge >= 0.3 is 0 Å². The highest BCUT2D eigenvalue weighted by Gasteiger charge is 2.31. The van der Waals surface area contributed by atoms with Gasteiger partial charge in [0.05, 0.1) is 10.6 Å². The van der Waals surface area contributed by atoms with Crippen molar-refractivity contribution >= 4 is 21.5 Å². The Morgan fingerprint density at radius 3 is 2.17 bits per heavy atom. The summed E-state index contributed by atoms with van der Waals surface area (Å²) in [5, 5.41) is 0. The average Bonchev–Trinajstić information content (AvgIpc) is 2.67. The molecule has 0 aliphatic carbocycles. The predicted octanol–water partition coefficient (Wildman–Crippen LogP) is 4.15. The summed E-state index contributed by atoms with van der Waals surface area (Å²) >= 11 is 0. The Hall–Kier alpha value is -2.25. The van der Waals surface area contributed by atoms with E-state index >= 15 is 0 Å². The summed E-state index contributed by atoms with van der Waals surface area (Å²) < 4.78 is 42.6. The summed E-state index contributed by atoms with van der Waals surface area (Å²) in [7, 11) is -3.64. The summed E-state index contributed by atoms with van der Waals surface area (Å²) in [6.07, 6.45) is 0. The summed E-state index contributed by atoms with van der Waals surface area (Å²) in [6.45, 7) is 10.7. The van der Waals surface area contributed by atoms with E-state index in [0.29, 0.717) is 29.2 Å². The van der Waals surface area contributed by atoms with Gasteiger partial charge in [-0.1, -0.05) is 32.9 Å². The van der Waals surface area contributed by atoms with E-state index in [1.807, 2.05) is 24.0 Å². The fraction of sp³-hybridized carbons (Fsp3) is 0.435. The second-order valence-corrected chi connectivity index (χ2v) is 10.8. The molecule has 1 aliphatic heterocycles. The third kappa shape index (κ3) is 4.42. The highest BCUT2D eigenvalue weighted by atomic mass is 32.2. The van der Waals surface area contributed by atoms with Gasteiger partial charge in [0.1, 0.15) is 5.82 Å². The number of hydrogen-bond acceptors (Lipinski definition) is 4. The van der Waals surface area contributed by atoms with E-state index in [1.54, 1.807) is 18.2 Å². The molecule has 2 aromatic rings. The van der Waals surface area contributed by atoms with Gasteiger partial charge in [0.2, 0.25) is 10.0 Å². The van der Waals surface area contributed by atoms with Crippen LogP contribution in [0.5, 0.6) is 0 Å². The Labute approximate surface area is 178 Å². The molecule has 162 valence electrons. The number of carbonyl (C=O) groups is 1. The van der Waals surface area contributed by atoms with Gasteiger partial charge in [-0.2, -0.15) is 4.31 Å². The minimum atomic E-state index is -3.64. The number of sulfonamides is 1. The fourth-order valence-electron chi connectivity index (χ4n) is 3.64. The van der Waals surface area contributed by atoms with Gasteiger partial charge in [-0.25, -0.2) is 12.8 Å². The van der Waals surface area contributed by atoms with E-state index in [0.717, 1.165) is 11.1 Å². The van der Waals surface area contributed by atoms with Crippen LogP contribution in [0.15, 0.2) is 41.3 Å². The van der Waals surface area contributed by atoms with Crippen LogP contribution in [-0.4, -0.2) is 44.7 Å². The topological polar surface area (TPSA) is 57.7 Å². The third-order valence-corrected chi connectivity index (χ3v) is 7.65. The number of piperazine rings is 1. The molecule has 0 atom stereocenters. The first kappa shape index (κ1) is 22.4. The lowest BCUT2D eigenvalue weighted by molar-refractivity contribution is 0.101. The van der Waals surface area contributed by atoms with Gasteiger partial charge in [-0.3, -0.25) is 4.79 Å². The van der Waals surface area contributed by atoms with Crippen LogP contribution >= 0.6 is 0 Å². The minimum Gasteiger partial charge on any atom is -0.367 e. The number of aryl methyl sites for hydroxylation is 1. The molecule has 0 amide bonds. The van der Waals surface area contributed by atoms with Gasteiger partial charge < -0.3 is 4.90 Å². The number of nitrogens with zero attached hydrogens (tertiary/aromatic N) is 2. The SMILES string of the molecule is CC(=O)c1ccc(N2CCN(S(=O)(=O)c3cc(C(C)(C)C)ccc3C)CC2)c(F)c1. The summed E-state index contributed by atoms with van der Waals surface area (Å²) in [6, 6.07) is 10.0. The number of benzene rings is 2. The highest BCUT2D eigenvalue weighted by Crippen LogP contribution is 2.29. The lowest BCUT2D eigenvalue weighted by Crippen LogP contribution is -2.49. The summed E-state index contributed by atoms with van der Waals surface area (Å²) in [5.41, 5.74) is 2.25. The first-order valence-electron chi connectivity index (χ1n) is 10.1. The number of halogens is 1. The molecule has 0 unspecified atom stereocenters. The van der Waals surface area contributed by atoms with Crippen molar-refractivity contribution in [3.8, 4) is 0 Å². The molecular formula is C23H29FN2O3S. The van der Waals surface area contributed by atoms with Gasteiger partial charge in [0.15, 0.2) is 5.78 Å². The molecule has 1 aliphatic rings. The minimum absolute atomic E-state index is 0.153. The Morgan fingerprint density at radius 1 is 1.00 bits per heavy atom. The Morgan fingerprint density at radius 2 is 1.63 bits per heavy atom. The van der Waals surface area contributed by atoms with Crippen molar-refractivity contribution < 1.29 is 17.6 Å². The normalized spacial score (nSPS) is 16.0. The van der Waals surface area contributed by atoms with Crippen molar-refractivity contribution in [3.63, 3.8) is 0 Å². The zero-order valence-corrected chi connectivity index (χ0v) is 19.0. The second-order valence-electron chi connectivity index (χ2n) is 8.84. The second kappa shape index (κ2) is 8.12. The van der Waals surface area contributed by atoms with Crippen LogP contribution in [0.1, 0.15) is 49.2 Å². The Bertz CT molecular complexity index is 1070. The van der Waals surface area contributed by atoms with Crippen LogP contribution < -0.4 is 4.90 Å². The van der Waals surface area contributed by atoms with Crippen LogP contribution in [0.3, 0.4) is 0 Å². The Kier molecular flexibility index (Phi) is 6.07. The molecule has 7 heteroatoms. The van der Waals surface area contributed by atoms with Crippen molar-refractivity contribution in [3.05, 3.63) is 58.9 Å². The molecule has 1 saturated heterocycles. The summed E-state index contributed by atoms with van der Waals surface area (Å²) in [5.74, 6) is -0.656. The molecular weight excluding hydrogens is 403 g/mol. The maximum atomic E-state index is 14.5. The molecule has 0 spiro atoms. The van der Waals surface area contributed by atoms with Crippen molar-refractivity contribution in [2.75, 3.05) is 31.1 Å². The first-order valence-corrected chi connectivity index (χ1v) is 11.5. The lowest BCUT2D eigenvalue weighted by Gasteiger charge is -2.36. The zero-order valence-electron chi connectivity index (χ0n) is 18.2.